The molecule has 2 fully saturated rings. The minimum Gasteiger partial charge on any atom is -0.507 e. The lowest BCUT2D eigenvalue weighted by Crippen LogP contribution is -3.14. The summed E-state index contributed by atoms with van der Waals surface area (Å²) in [6.45, 7) is 8.15. The summed E-state index contributed by atoms with van der Waals surface area (Å²) in [5, 5.41) is 11.2. The predicted octanol–water partition coefficient (Wildman–Crippen LogP) is 0.625. The summed E-state index contributed by atoms with van der Waals surface area (Å²) < 4.78 is 11.1. The van der Waals surface area contributed by atoms with Crippen molar-refractivity contribution in [2.75, 3.05) is 39.4 Å². The molecular weight excluding hydrogens is 422 g/mol. The highest BCUT2D eigenvalue weighted by Gasteiger charge is 2.46. The Hall–Kier alpha value is -3.23. The zero-order valence-electron chi connectivity index (χ0n) is 19.0. The number of nitrogens with zero attached hydrogens (tertiary/aromatic N) is 1. The molecule has 4 rings (SSSR count). The van der Waals surface area contributed by atoms with Crippen LogP contribution in [0.3, 0.4) is 0 Å². The normalized spacial score (nSPS) is 21.1. The van der Waals surface area contributed by atoms with Gasteiger partial charge in [-0.05, 0) is 43.7 Å². The number of aromatic amines is 1. The van der Waals surface area contributed by atoms with Gasteiger partial charge in [-0.1, -0.05) is 0 Å². The van der Waals surface area contributed by atoms with Crippen molar-refractivity contribution in [3.05, 3.63) is 65.5 Å². The molecule has 2 aliphatic rings. The highest BCUT2D eigenvalue weighted by molar-refractivity contribution is 6.46. The molecule has 0 spiro atoms. The smallest absolute Gasteiger partial charge is 0.295 e. The SMILES string of the molecule is CC(C)Oc1ccc(C(O)=C2C(=O)C(=O)N(CC[NH+]3CCOCC3)C2c2cc[nH+]cc2)cc1. The van der Waals surface area contributed by atoms with E-state index in [2.05, 4.69) is 4.98 Å². The number of ketones is 1. The van der Waals surface area contributed by atoms with E-state index in [-0.39, 0.29) is 17.4 Å². The molecule has 1 aromatic heterocycles. The number of H-pyrrole nitrogens is 1. The Morgan fingerprint density at radius 1 is 1.15 bits per heavy atom. The maximum atomic E-state index is 13.1. The summed E-state index contributed by atoms with van der Waals surface area (Å²) in [4.78, 5) is 32.1. The molecule has 8 nitrogen and oxygen atoms in total. The van der Waals surface area contributed by atoms with Crippen molar-refractivity contribution in [3.63, 3.8) is 0 Å². The number of carbonyl (C=O) groups excluding carboxylic acids is 2. The van der Waals surface area contributed by atoms with E-state index >= 15 is 0 Å². The molecule has 174 valence electrons. The van der Waals surface area contributed by atoms with E-state index in [1.807, 2.05) is 26.0 Å². The summed E-state index contributed by atoms with van der Waals surface area (Å²) in [6.07, 6.45) is 3.53. The highest BCUT2D eigenvalue weighted by atomic mass is 16.5. The Morgan fingerprint density at radius 2 is 1.82 bits per heavy atom. The lowest BCUT2D eigenvalue weighted by Gasteiger charge is -2.28. The minimum absolute atomic E-state index is 0.0262. The van der Waals surface area contributed by atoms with Crippen molar-refractivity contribution in [3.8, 4) is 5.75 Å². The predicted molar refractivity (Wildman–Crippen MR) is 121 cm³/mol. The van der Waals surface area contributed by atoms with Crippen molar-refractivity contribution in [1.29, 1.82) is 0 Å². The Bertz CT molecular complexity index is 1010. The molecule has 2 saturated heterocycles. The molecule has 1 amide bonds. The fraction of sp³-hybridized carbons (Fsp3) is 0.400. The van der Waals surface area contributed by atoms with Gasteiger partial charge in [0.15, 0.2) is 12.4 Å². The summed E-state index contributed by atoms with van der Waals surface area (Å²) in [6, 6.07) is 9.92. The quantitative estimate of drug-likeness (QED) is 0.364. The van der Waals surface area contributed by atoms with Crippen LogP contribution in [0.25, 0.3) is 5.76 Å². The molecule has 8 heteroatoms. The maximum absolute atomic E-state index is 13.1. The average Bonchev–Trinajstić information content (AvgIpc) is 3.08. The van der Waals surface area contributed by atoms with Gasteiger partial charge in [-0.3, -0.25) is 9.59 Å². The Labute approximate surface area is 193 Å². The molecule has 0 bridgehead atoms. The van der Waals surface area contributed by atoms with Crippen molar-refractivity contribution in [2.24, 2.45) is 0 Å². The Morgan fingerprint density at radius 3 is 2.45 bits per heavy atom. The van der Waals surface area contributed by atoms with Gasteiger partial charge in [0, 0.05) is 17.7 Å². The van der Waals surface area contributed by atoms with Crippen LogP contribution in [-0.2, 0) is 14.3 Å². The van der Waals surface area contributed by atoms with Crippen LogP contribution in [0, 0.1) is 0 Å². The minimum atomic E-state index is -0.662. The zero-order chi connectivity index (χ0) is 23.4. The number of carbonyl (C=O) groups is 2. The number of hydrogen-bond acceptors (Lipinski definition) is 5. The van der Waals surface area contributed by atoms with Crippen LogP contribution in [0.1, 0.15) is 31.0 Å². The Balaban J connectivity index is 1.67. The van der Waals surface area contributed by atoms with Crippen LogP contribution < -0.4 is 14.6 Å². The molecule has 1 aromatic carbocycles. The molecular formula is C25H31N3O5+2. The molecule has 0 aliphatic carbocycles. The van der Waals surface area contributed by atoms with Gasteiger partial charge in [0.2, 0.25) is 0 Å². The van der Waals surface area contributed by atoms with E-state index in [0.717, 1.165) is 18.7 Å². The molecule has 3 N–H and O–H groups in total. The number of benzene rings is 1. The number of aromatic nitrogens is 1. The number of likely N-dealkylation sites (tertiary alicyclic amines) is 1. The number of hydrogen-bond donors (Lipinski definition) is 2. The third kappa shape index (κ3) is 5.07. The monoisotopic (exact) mass is 453 g/mol. The molecule has 2 aliphatic heterocycles. The molecule has 0 saturated carbocycles. The first-order valence-corrected chi connectivity index (χ1v) is 11.4. The van der Waals surface area contributed by atoms with E-state index < -0.39 is 17.7 Å². The van der Waals surface area contributed by atoms with Crippen molar-refractivity contribution in [1.82, 2.24) is 4.90 Å². The first-order chi connectivity index (χ1) is 16.0. The molecule has 2 aromatic rings. The van der Waals surface area contributed by atoms with Crippen LogP contribution in [0.5, 0.6) is 5.75 Å². The first kappa shape index (κ1) is 22.9. The number of Topliss-reactive ketones (excluding diaryl/α,β-unsaturated/α-hetero) is 1. The van der Waals surface area contributed by atoms with Crippen molar-refractivity contribution < 1.29 is 34.1 Å². The van der Waals surface area contributed by atoms with E-state index in [4.69, 9.17) is 9.47 Å². The second kappa shape index (κ2) is 10.1. The van der Waals surface area contributed by atoms with Crippen LogP contribution in [0.4, 0.5) is 0 Å². The summed E-state index contributed by atoms with van der Waals surface area (Å²) >= 11 is 0. The van der Waals surface area contributed by atoms with Gasteiger partial charge in [-0.25, -0.2) is 4.98 Å². The molecule has 1 atom stereocenters. The van der Waals surface area contributed by atoms with E-state index in [9.17, 15) is 14.7 Å². The maximum Gasteiger partial charge on any atom is 0.295 e. The third-order valence-corrected chi connectivity index (χ3v) is 6.01. The number of aliphatic hydroxyl groups excluding tert-OH is 1. The summed E-state index contributed by atoms with van der Waals surface area (Å²) in [5.74, 6) is -0.749. The Kier molecular flexibility index (Phi) is 7.05. The number of amides is 1. The number of nitrogens with one attached hydrogen (secondary N) is 2. The fourth-order valence-electron chi connectivity index (χ4n) is 4.35. The first-order valence-electron chi connectivity index (χ1n) is 11.4. The standard InChI is InChI=1S/C25H29N3O5/c1-17(2)33-20-5-3-19(4-6-20)23(29)21-22(18-7-9-26-10-8-18)28(25(31)24(21)30)12-11-27-13-15-32-16-14-27/h3-10,17,22,29H,11-16H2,1-2H3/p+2. The lowest BCUT2D eigenvalue weighted by molar-refractivity contribution is -0.907. The topological polar surface area (TPSA) is 94.7 Å². The number of quaternary nitrogens is 1. The van der Waals surface area contributed by atoms with Gasteiger partial charge in [0.1, 0.15) is 24.6 Å². The van der Waals surface area contributed by atoms with Gasteiger partial charge >= 0.3 is 0 Å². The van der Waals surface area contributed by atoms with Crippen LogP contribution in [0.15, 0.2) is 54.4 Å². The molecule has 1 unspecified atom stereocenters. The van der Waals surface area contributed by atoms with Gasteiger partial charge in [-0.15, -0.1) is 0 Å². The molecule has 3 heterocycles. The average molecular weight is 454 g/mol. The number of morpholine rings is 1. The largest absolute Gasteiger partial charge is 0.507 e. The number of aliphatic hydroxyl groups is 1. The van der Waals surface area contributed by atoms with Crippen LogP contribution in [0.2, 0.25) is 0 Å². The molecule has 0 radical (unpaired) electrons. The van der Waals surface area contributed by atoms with Gasteiger partial charge in [-0.2, -0.15) is 0 Å². The number of ether oxygens (including phenoxy) is 2. The number of rotatable bonds is 7. The second-order valence-corrected chi connectivity index (χ2v) is 8.63. The second-order valence-electron chi connectivity index (χ2n) is 8.63. The van der Waals surface area contributed by atoms with Gasteiger partial charge < -0.3 is 24.4 Å². The highest BCUT2D eigenvalue weighted by Crippen LogP contribution is 2.38. The van der Waals surface area contributed by atoms with Gasteiger partial charge in [0.05, 0.1) is 44.0 Å². The zero-order valence-corrected chi connectivity index (χ0v) is 19.0. The van der Waals surface area contributed by atoms with Crippen molar-refractivity contribution >= 4 is 17.4 Å². The molecule has 33 heavy (non-hydrogen) atoms. The fourth-order valence-corrected chi connectivity index (χ4v) is 4.35. The summed E-state index contributed by atoms with van der Waals surface area (Å²) in [5.41, 5.74) is 1.35. The van der Waals surface area contributed by atoms with Crippen LogP contribution in [-0.4, -0.2) is 67.2 Å². The number of pyridine rings is 1. The van der Waals surface area contributed by atoms with E-state index in [1.165, 1.54) is 4.90 Å². The van der Waals surface area contributed by atoms with Crippen molar-refractivity contribution in [2.45, 2.75) is 26.0 Å². The van der Waals surface area contributed by atoms with Crippen LogP contribution >= 0.6 is 0 Å². The van der Waals surface area contributed by atoms with E-state index in [0.29, 0.717) is 37.6 Å². The summed E-state index contributed by atoms with van der Waals surface area (Å²) in [7, 11) is 0. The third-order valence-electron chi connectivity index (χ3n) is 6.01. The van der Waals surface area contributed by atoms with E-state index in [1.54, 1.807) is 41.6 Å². The van der Waals surface area contributed by atoms with Gasteiger partial charge in [0.25, 0.3) is 11.7 Å². The lowest BCUT2D eigenvalue weighted by atomic mass is 9.96.